The van der Waals surface area contributed by atoms with Crippen molar-refractivity contribution in [1.29, 1.82) is 0 Å². The summed E-state index contributed by atoms with van der Waals surface area (Å²) in [7, 11) is 0. The fourth-order valence-electron chi connectivity index (χ4n) is 4.03. The molecule has 34 heavy (non-hydrogen) atoms. The van der Waals surface area contributed by atoms with Gasteiger partial charge in [-0.05, 0) is 24.8 Å². The molecule has 3 aliphatic heterocycles. The normalized spacial score (nSPS) is 20.7. The van der Waals surface area contributed by atoms with Crippen LogP contribution in [0.3, 0.4) is 0 Å². The van der Waals surface area contributed by atoms with Gasteiger partial charge in [-0.1, -0.05) is 41.6 Å². The average Bonchev–Trinajstić information content (AvgIpc) is 3.21. The SMILES string of the molecule is CCOC(=O)C1=C(C(F)(F)F)N=C2SC=C(CC(=O)N3CCOCC3)N2C1c1ccc(C)cc1. The van der Waals surface area contributed by atoms with E-state index in [4.69, 9.17) is 9.47 Å². The zero-order valence-corrected chi connectivity index (χ0v) is 19.5. The Hall–Kier alpha value is -2.79. The van der Waals surface area contributed by atoms with Gasteiger partial charge in [0.05, 0.1) is 37.9 Å². The Balaban J connectivity index is 1.78. The van der Waals surface area contributed by atoms with Gasteiger partial charge in [0.25, 0.3) is 0 Å². The van der Waals surface area contributed by atoms with Crippen molar-refractivity contribution in [2.24, 2.45) is 4.99 Å². The number of amides is 1. The van der Waals surface area contributed by atoms with Gasteiger partial charge < -0.3 is 19.3 Å². The highest BCUT2D eigenvalue weighted by atomic mass is 32.2. The van der Waals surface area contributed by atoms with Crippen LogP contribution in [0.4, 0.5) is 13.2 Å². The first-order valence-electron chi connectivity index (χ1n) is 10.8. The van der Waals surface area contributed by atoms with E-state index in [9.17, 15) is 22.8 Å². The molecule has 1 atom stereocenters. The van der Waals surface area contributed by atoms with Crippen LogP contribution in [0.15, 0.2) is 51.6 Å². The van der Waals surface area contributed by atoms with E-state index in [1.165, 1.54) is 6.92 Å². The first-order chi connectivity index (χ1) is 16.2. The van der Waals surface area contributed by atoms with Gasteiger partial charge in [0.15, 0.2) is 10.9 Å². The van der Waals surface area contributed by atoms with Crippen LogP contribution in [0, 0.1) is 6.92 Å². The van der Waals surface area contributed by atoms with E-state index in [1.807, 2.05) is 6.92 Å². The van der Waals surface area contributed by atoms with E-state index >= 15 is 0 Å². The van der Waals surface area contributed by atoms with Crippen LogP contribution in [0.25, 0.3) is 0 Å². The van der Waals surface area contributed by atoms with Gasteiger partial charge >= 0.3 is 12.1 Å². The second kappa shape index (κ2) is 9.83. The number of allylic oxidation sites excluding steroid dienone is 1. The van der Waals surface area contributed by atoms with E-state index in [1.54, 1.807) is 39.5 Å². The molecule has 1 aromatic carbocycles. The number of hydrogen-bond donors (Lipinski definition) is 0. The summed E-state index contributed by atoms with van der Waals surface area (Å²) >= 11 is 1.00. The first-order valence-corrected chi connectivity index (χ1v) is 11.7. The number of ether oxygens (including phenoxy) is 2. The third kappa shape index (κ3) is 4.85. The number of carbonyl (C=O) groups is 2. The molecular weight excluding hydrogens is 471 g/mol. The zero-order chi connectivity index (χ0) is 24.5. The molecular formula is C23H24F3N3O4S. The summed E-state index contributed by atoms with van der Waals surface area (Å²) in [5.41, 5.74) is 0.00249. The molecule has 0 spiro atoms. The molecule has 0 bridgehead atoms. The Bertz CT molecular complexity index is 1060. The maximum Gasteiger partial charge on any atom is 0.434 e. The highest BCUT2D eigenvalue weighted by molar-refractivity contribution is 8.16. The number of nitrogens with zero attached hydrogens (tertiary/aromatic N) is 3. The fourth-order valence-corrected chi connectivity index (χ4v) is 4.95. The zero-order valence-electron chi connectivity index (χ0n) is 18.7. The number of thioether (sulfide) groups is 1. The lowest BCUT2D eigenvalue weighted by molar-refractivity contribution is -0.140. The van der Waals surface area contributed by atoms with E-state index in [2.05, 4.69) is 4.99 Å². The Morgan fingerprint density at radius 3 is 2.50 bits per heavy atom. The molecule has 11 heteroatoms. The van der Waals surface area contributed by atoms with Crippen molar-refractivity contribution in [3.05, 3.63) is 57.8 Å². The van der Waals surface area contributed by atoms with E-state index in [0.29, 0.717) is 37.6 Å². The van der Waals surface area contributed by atoms with E-state index < -0.39 is 29.5 Å². The summed E-state index contributed by atoms with van der Waals surface area (Å²) in [5, 5.41) is 1.69. The summed E-state index contributed by atoms with van der Waals surface area (Å²) in [6.07, 6.45) is -4.90. The van der Waals surface area contributed by atoms with Crippen molar-refractivity contribution >= 4 is 28.8 Å². The molecule has 7 nitrogen and oxygen atoms in total. The van der Waals surface area contributed by atoms with Crippen molar-refractivity contribution in [1.82, 2.24) is 9.80 Å². The number of morpholine rings is 1. The minimum atomic E-state index is -4.86. The maximum absolute atomic E-state index is 14.1. The molecule has 0 saturated carbocycles. The number of esters is 1. The number of halogens is 3. The van der Waals surface area contributed by atoms with Crippen LogP contribution < -0.4 is 0 Å². The number of benzene rings is 1. The van der Waals surface area contributed by atoms with E-state index in [-0.39, 0.29) is 24.1 Å². The largest absolute Gasteiger partial charge is 0.463 e. The molecule has 4 rings (SSSR count). The Morgan fingerprint density at radius 2 is 1.88 bits per heavy atom. The fraction of sp³-hybridized carbons (Fsp3) is 0.435. The second-order valence-corrected chi connectivity index (χ2v) is 8.79. The van der Waals surface area contributed by atoms with Crippen LogP contribution in [0.1, 0.15) is 30.5 Å². The molecule has 182 valence electrons. The predicted octanol–water partition coefficient (Wildman–Crippen LogP) is 3.92. The molecule has 1 aromatic rings. The quantitative estimate of drug-likeness (QED) is 0.577. The highest BCUT2D eigenvalue weighted by Gasteiger charge is 2.49. The van der Waals surface area contributed by atoms with Gasteiger partial charge in [0.2, 0.25) is 5.91 Å². The number of hydrogen-bond acceptors (Lipinski definition) is 7. The van der Waals surface area contributed by atoms with Gasteiger partial charge in [-0.2, -0.15) is 13.2 Å². The summed E-state index contributed by atoms with van der Waals surface area (Å²) in [4.78, 5) is 32.8. The lowest BCUT2D eigenvalue weighted by atomic mass is 9.92. The average molecular weight is 496 g/mol. The van der Waals surface area contributed by atoms with Crippen LogP contribution in [0.5, 0.6) is 0 Å². The standard InChI is InChI=1S/C23H24F3N3O4S/c1-3-33-21(31)18-19(15-6-4-14(2)5-7-15)29-16(12-17(30)28-8-10-32-11-9-28)13-34-22(29)27-20(18)23(24,25)26/h4-7,13,19H,3,8-12H2,1-2H3. The number of alkyl halides is 3. The van der Waals surface area contributed by atoms with Crippen LogP contribution in [-0.2, 0) is 19.1 Å². The summed E-state index contributed by atoms with van der Waals surface area (Å²) < 4.78 is 52.5. The van der Waals surface area contributed by atoms with Crippen LogP contribution in [-0.4, -0.2) is 65.9 Å². The lowest BCUT2D eigenvalue weighted by Crippen LogP contribution is -2.43. The number of amidine groups is 1. The van der Waals surface area contributed by atoms with Gasteiger partial charge in [-0.25, -0.2) is 9.79 Å². The third-order valence-corrected chi connectivity index (χ3v) is 6.55. The van der Waals surface area contributed by atoms with Gasteiger partial charge in [-0.15, -0.1) is 0 Å². The highest BCUT2D eigenvalue weighted by Crippen LogP contribution is 2.48. The van der Waals surface area contributed by atoms with Gasteiger partial charge in [-0.3, -0.25) is 4.79 Å². The van der Waals surface area contributed by atoms with Crippen LogP contribution in [0.2, 0.25) is 0 Å². The van der Waals surface area contributed by atoms with Gasteiger partial charge in [0.1, 0.15) is 0 Å². The molecule has 1 unspecified atom stereocenters. The molecule has 1 saturated heterocycles. The van der Waals surface area contributed by atoms with Crippen molar-refractivity contribution in [2.45, 2.75) is 32.5 Å². The predicted molar refractivity (Wildman–Crippen MR) is 121 cm³/mol. The van der Waals surface area contributed by atoms with Crippen molar-refractivity contribution in [3.8, 4) is 0 Å². The monoisotopic (exact) mass is 495 g/mol. The lowest BCUT2D eigenvalue weighted by Gasteiger charge is -2.37. The number of fused-ring (bicyclic) bond motifs is 1. The molecule has 0 radical (unpaired) electrons. The van der Waals surface area contributed by atoms with Crippen LogP contribution >= 0.6 is 11.8 Å². The molecule has 1 fully saturated rings. The van der Waals surface area contributed by atoms with Crippen molar-refractivity contribution in [2.75, 3.05) is 32.9 Å². The van der Waals surface area contributed by atoms with Gasteiger partial charge in [0, 0.05) is 18.8 Å². The molecule has 1 amide bonds. The first kappa shape index (κ1) is 24.3. The number of rotatable bonds is 5. The van der Waals surface area contributed by atoms with Crippen molar-refractivity contribution in [3.63, 3.8) is 0 Å². The molecule has 3 aliphatic rings. The molecule has 0 aliphatic carbocycles. The second-order valence-electron chi connectivity index (χ2n) is 7.96. The third-order valence-electron chi connectivity index (χ3n) is 5.66. The minimum Gasteiger partial charge on any atom is -0.463 e. The van der Waals surface area contributed by atoms with Crippen molar-refractivity contribution < 1.29 is 32.2 Å². The number of aliphatic imine (C=N–C) groups is 1. The Kier molecular flexibility index (Phi) is 7.04. The summed E-state index contributed by atoms with van der Waals surface area (Å²) in [6, 6.07) is 5.76. The summed E-state index contributed by atoms with van der Waals surface area (Å²) in [6.45, 7) is 5.08. The Morgan fingerprint density at radius 1 is 1.21 bits per heavy atom. The number of carbonyl (C=O) groups excluding carboxylic acids is 2. The Labute approximate surface area is 199 Å². The minimum absolute atomic E-state index is 0.0359. The maximum atomic E-state index is 14.1. The summed E-state index contributed by atoms with van der Waals surface area (Å²) in [5.74, 6) is -1.25. The molecule has 0 aromatic heterocycles. The topological polar surface area (TPSA) is 71.4 Å². The molecule has 0 N–H and O–H groups in total. The molecule has 3 heterocycles. The number of aryl methyl sites for hydroxylation is 1. The smallest absolute Gasteiger partial charge is 0.434 e. The van der Waals surface area contributed by atoms with E-state index in [0.717, 1.165) is 17.3 Å².